The molecule has 0 fully saturated rings. The summed E-state index contributed by atoms with van der Waals surface area (Å²) in [4.78, 5) is 10.4. The monoisotopic (exact) mass is 210 g/mol. The highest BCUT2D eigenvalue weighted by Gasteiger charge is 2.19. The van der Waals surface area contributed by atoms with E-state index in [-0.39, 0.29) is 18.7 Å². The molecule has 0 heterocycles. The van der Waals surface area contributed by atoms with E-state index in [1.165, 1.54) is 21.1 Å². The quantitative estimate of drug-likeness (QED) is 0.377. The van der Waals surface area contributed by atoms with Gasteiger partial charge in [-0.15, -0.1) is 0 Å². The van der Waals surface area contributed by atoms with Crippen LogP contribution in [0.4, 0.5) is 0 Å². The second-order valence-electron chi connectivity index (χ2n) is 2.39. The van der Waals surface area contributed by atoms with Gasteiger partial charge >= 0.3 is 13.6 Å². The Hall–Kier alpha value is -0.380. The molecule has 0 aliphatic carbocycles. The molecular formula is C7H15O5P. The van der Waals surface area contributed by atoms with E-state index in [1.807, 2.05) is 0 Å². The van der Waals surface area contributed by atoms with Crippen molar-refractivity contribution < 1.29 is 23.1 Å². The second-order valence-corrected chi connectivity index (χ2v) is 4.79. The minimum Gasteiger partial charge on any atom is -0.466 e. The number of rotatable bonds is 6. The van der Waals surface area contributed by atoms with Gasteiger partial charge in [0, 0.05) is 21.1 Å². The lowest BCUT2D eigenvalue weighted by Gasteiger charge is -2.12. The first-order valence-electron chi connectivity index (χ1n) is 3.88. The maximum absolute atomic E-state index is 11.4. The fraction of sp³-hybridized carbons (Fsp3) is 0.857. The molecule has 6 heteroatoms. The molecule has 0 aliphatic heterocycles. The van der Waals surface area contributed by atoms with Gasteiger partial charge in [-0.25, -0.2) is 0 Å². The van der Waals surface area contributed by atoms with Crippen molar-refractivity contribution in [2.45, 2.75) is 13.3 Å². The van der Waals surface area contributed by atoms with E-state index >= 15 is 0 Å². The first-order chi connectivity index (χ1) is 6.04. The third-order valence-corrected chi connectivity index (χ3v) is 3.41. The fourth-order valence-electron chi connectivity index (χ4n) is 0.731. The Kier molecular flexibility index (Phi) is 5.95. The molecule has 0 spiro atoms. The summed E-state index contributed by atoms with van der Waals surface area (Å²) in [5, 5.41) is 0. The maximum Gasteiger partial charge on any atom is 0.330 e. The van der Waals surface area contributed by atoms with E-state index in [9.17, 15) is 9.36 Å². The molecular weight excluding hydrogens is 195 g/mol. The molecule has 13 heavy (non-hydrogen) atoms. The highest BCUT2D eigenvalue weighted by molar-refractivity contribution is 7.53. The lowest BCUT2D eigenvalue weighted by molar-refractivity contribution is -0.140. The van der Waals surface area contributed by atoms with Crippen LogP contribution >= 0.6 is 7.60 Å². The average molecular weight is 210 g/mol. The number of hydrogen-bond acceptors (Lipinski definition) is 5. The molecule has 0 aromatic heterocycles. The first kappa shape index (κ1) is 12.6. The molecule has 0 rings (SSSR count). The molecule has 0 saturated carbocycles. The average Bonchev–Trinajstić information content (AvgIpc) is 2.12. The highest BCUT2D eigenvalue weighted by Crippen LogP contribution is 2.46. The van der Waals surface area contributed by atoms with Crippen molar-refractivity contribution >= 4 is 13.6 Å². The molecule has 0 aliphatic rings. The number of esters is 1. The van der Waals surface area contributed by atoms with Crippen LogP contribution in [0.3, 0.4) is 0 Å². The summed E-state index contributed by atoms with van der Waals surface area (Å²) >= 11 is 0. The van der Waals surface area contributed by atoms with Gasteiger partial charge in [-0.05, 0) is 6.42 Å². The van der Waals surface area contributed by atoms with Crippen LogP contribution in [0.2, 0.25) is 0 Å². The maximum atomic E-state index is 11.4. The number of carbonyl (C=O) groups excluding carboxylic acids is 1. The smallest absolute Gasteiger partial charge is 0.330 e. The van der Waals surface area contributed by atoms with E-state index in [4.69, 9.17) is 0 Å². The lowest BCUT2D eigenvalue weighted by atomic mass is 10.5. The molecule has 78 valence electrons. The van der Waals surface area contributed by atoms with Crippen molar-refractivity contribution in [1.29, 1.82) is 0 Å². The van der Waals surface area contributed by atoms with Crippen LogP contribution in [0.25, 0.3) is 0 Å². The molecule has 0 amide bonds. The van der Waals surface area contributed by atoms with Crippen LogP contribution in [-0.2, 0) is 23.1 Å². The van der Waals surface area contributed by atoms with Crippen molar-refractivity contribution in [1.82, 2.24) is 0 Å². The van der Waals surface area contributed by atoms with Crippen LogP contribution in [0, 0.1) is 0 Å². The molecule has 0 N–H and O–H groups in total. The van der Waals surface area contributed by atoms with Gasteiger partial charge in [-0.1, -0.05) is 0 Å². The van der Waals surface area contributed by atoms with Crippen LogP contribution in [0.1, 0.15) is 13.3 Å². The van der Waals surface area contributed by atoms with E-state index in [1.54, 1.807) is 0 Å². The summed E-state index contributed by atoms with van der Waals surface area (Å²) in [6, 6.07) is 0. The number of ether oxygens (including phenoxy) is 1. The fourth-order valence-corrected chi connectivity index (χ4v) is 1.76. The van der Waals surface area contributed by atoms with Gasteiger partial charge in [0.15, 0.2) is 0 Å². The van der Waals surface area contributed by atoms with Crippen LogP contribution in [0.15, 0.2) is 0 Å². The minimum absolute atomic E-state index is 0.242. The van der Waals surface area contributed by atoms with Gasteiger partial charge < -0.3 is 13.8 Å². The van der Waals surface area contributed by atoms with Gasteiger partial charge in [0.05, 0.1) is 12.8 Å². The molecule has 0 aromatic carbocycles. The highest BCUT2D eigenvalue weighted by atomic mass is 31.2. The zero-order valence-electron chi connectivity index (χ0n) is 8.11. The minimum atomic E-state index is -2.93. The summed E-state index contributed by atoms with van der Waals surface area (Å²) in [5.74, 6) is -0.343. The van der Waals surface area contributed by atoms with Crippen molar-refractivity contribution in [3.63, 3.8) is 0 Å². The largest absolute Gasteiger partial charge is 0.466 e. The Morgan fingerprint density at radius 2 is 1.85 bits per heavy atom. The Morgan fingerprint density at radius 3 is 2.23 bits per heavy atom. The summed E-state index contributed by atoms with van der Waals surface area (Å²) in [5.41, 5.74) is 0. The molecule has 0 aromatic rings. The zero-order chi connectivity index (χ0) is 10.3. The Labute approximate surface area is 77.9 Å². The van der Waals surface area contributed by atoms with Crippen LogP contribution in [0.5, 0.6) is 0 Å². The zero-order valence-corrected chi connectivity index (χ0v) is 9.00. The summed E-state index contributed by atoms with van der Waals surface area (Å²) in [6.45, 7) is 1.57. The third kappa shape index (κ3) is 5.80. The summed E-state index contributed by atoms with van der Waals surface area (Å²) in [6.07, 6.45) is 0.728. The Balaban J connectivity index is 3.62. The summed E-state index contributed by atoms with van der Waals surface area (Å²) < 4.78 is 25.4. The lowest BCUT2D eigenvalue weighted by Crippen LogP contribution is -2.04. The van der Waals surface area contributed by atoms with Gasteiger partial charge in [0.2, 0.25) is 0 Å². The predicted molar refractivity (Wildman–Crippen MR) is 47.7 cm³/mol. The predicted octanol–water partition coefficient (Wildman–Crippen LogP) is 1.43. The first-order valence-corrected chi connectivity index (χ1v) is 5.61. The van der Waals surface area contributed by atoms with Crippen LogP contribution < -0.4 is 0 Å². The third-order valence-electron chi connectivity index (χ3n) is 1.44. The molecule has 0 atom stereocenters. The molecule has 0 radical (unpaired) electrons. The van der Waals surface area contributed by atoms with Gasteiger partial charge in [-0.2, -0.15) is 0 Å². The van der Waals surface area contributed by atoms with Crippen molar-refractivity contribution in [3.8, 4) is 0 Å². The second kappa shape index (κ2) is 6.13. The van der Waals surface area contributed by atoms with Crippen molar-refractivity contribution in [2.75, 3.05) is 27.0 Å². The number of carbonyl (C=O) groups is 1. The Morgan fingerprint density at radius 1 is 1.31 bits per heavy atom. The SMILES string of the molecule is COP(=O)(CCCOC(C)=O)OC. The normalized spacial score (nSPS) is 11.3. The molecule has 0 saturated heterocycles. The van der Waals surface area contributed by atoms with Gasteiger partial charge in [0.1, 0.15) is 0 Å². The van der Waals surface area contributed by atoms with E-state index in [0.717, 1.165) is 0 Å². The van der Waals surface area contributed by atoms with Gasteiger partial charge in [-0.3, -0.25) is 9.36 Å². The Bertz CT molecular complexity index is 195. The standard InChI is InChI=1S/C7H15O5P/c1-7(8)12-5-4-6-13(9,10-2)11-3/h4-6H2,1-3H3. The molecule has 0 bridgehead atoms. The van der Waals surface area contributed by atoms with Crippen molar-refractivity contribution in [2.24, 2.45) is 0 Å². The van der Waals surface area contributed by atoms with E-state index in [2.05, 4.69) is 13.8 Å². The molecule has 5 nitrogen and oxygen atoms in total. The summed E-state index contributed by atoms with van der Waals surface area (Å²) in [7, 11) is -0.273. The van der Waals surface area contributed by atoms with Crippen LogP contribution in [-0.4, -0.2) is 33.0 Å². The van der Waals surface area contributed by atoms with E-state index in [0.29, 0.717) is 6.42 Å². The van der Waals surface area contributed by atoms with E-state index < -0.39 is 7.60 Å². The topological polar surface area (TPSA) is 61.8 Å². The van der Waals surface area contributed by atoms with Crippen molar-refractivity contribution in [3.05, 3.63) is 0 Å². The number of hydrogen-bond donors (Lipinski definition) is 0. The van der Waals surface area contributed by atoms with Gasteiger partial charge in [0.25, 0.3) is 0 Å². The molecule has 0 unspecified atom stereocenters.